The van der Waals surface area contributed by atoms with Crippen molar-refractivity contribution in [1.29, 1.82) is 0 Å². The topological polar surface area (TPSA) is 41.4 Å². The lowest BCUT2D eigenvalue weighted by Gasteiger charge is -2.50. The Morgan fingerprint density at radius 1 is 0.868 bits per heavy atom. The van der Waals surface area contributed by atoms with Crippen LogP contribution in [0.1, 0.15) is 74.8 Å². The van der Waals surface area contributed by atoms with Gasteiger partial charge in [0.1, 0.15) is 5.82 Å². The third-order valence-corrected chi connectivity index (χ3v) is 11.4. The molecule has 1 saturated carbocycles. The monoisotopic (exact) mass is 530 g/mol. The minimum Gasteiger partial charge on any atom is -0.327 e. The summed E-state index contributed by atoms with van der Waals surface area (Å²) in [6, 6.07) is 16.3. The van der Waals surface area contributed by atoms with Gasteiger partial charge < -0.3 is 9.47 Å². The summed E-state index contributed by atoms with van der Waals surface area (Å²) in [5.41, 5.74) is 6.15. The van der Waals surface area contributed by atoms with E-state index >= 15 is 0 Å². The SMILES string of the molecule is Cc1cc(C2CCN(C3CC4CCC(C3)N4C3CCC3)CC2)cc2c1nc(-c1ccc(S(C)=O)cc1)n2C. The fraction of sp³-hybridized carbons (Fsp3) is 0.594. The predicted molar refractivity (Wildman–Crippen MR) is 156 cm³/mol. The van der Waals surface area contributed by atoms with Crippen LogP contribution in [-0.2, 0) is 17.8 Å². The zero-order valence-electron chi connectivity index (χ0n) is 23.2. The maximum atomic E-state index is 11.8. The Kier molecular flexibility index (Phi) is 6.49. The van der Waals surface area contributed by atoms with E-state index in [4.69, 9.17) is 4.98 Å². The van der Waals surface area contributed by atoms with Crippen molar-refractivity contribution in [2.45, 2.75) is 99.7 Å². The summed E-state index contributed by atoms with van der Waals surface area (Å²) < 4.78 is 14.1. The van der Waals surface area contributed by atoms with E-state index in [1.54, 1.807) is 6.26 Å². The molecule has 3 atom stereocenters. The quantitative estimate of drug-likeness (QED) is 0.405. The van der Waals surface area contributed by atoms with Crippen LogP contribution in [0.25, 0.3) is 22.4 Å². The molecule has 2 aromatic carbocycles. The summed E-state index contributed by atoms with van der Waals surface area (Å²) in [4.78, 5) is 11.7. The van der Waals surface area contributed by atoms with Crippen molar-refractivity contribution < 1.29 is 4.21 Å². The Morgan fingerprint density at radius 2 is 1.55 bits per heavy atom. The lowest BCUT2D eigenvalue weighted by Crippen LogP contribution is -2.56. The average molecular weight is 531 g/mol. The lowest BCUT2D eigenvalue weighted by molar-refractivity contribution is -0.000820. The van der Waals surface area contributed by atoms with Gasteiger partial charge in [-0.1, -0.05) is 24.6 Å². The molecule has 3 saturated heterocycles. The average Bonchev–Trinajstić information content (AvgIpc) is 3.35. The maximum Gasteiger partial charge on any atom is 0.140 e. The summed E-state index contributed by atoms with van der Waals surface area (Å²) in [5.74, 6) is 1.62. The first kappa shape index (κ1) is 25.0. The fourth-order valence-corrected chi connectivity index (χ4v) is 8.66. The molecule has 0 amide bonds. The van der Waals surface area contributed by atoms with Gasteiger partial charge in [-0.2, -0.15) is 0 Å². The van der Waals surface area contributed by atoms with Crippen molar-refractivity contribution in [3.05, 3.63) is 47.5 Å². The fourth-order valence-electron chi connectivity index (χ4n) is 8.14. The third-order valence-electron chi connectivity index (χ3n) is 10.4. The number of rotatable bonds is 5. The van der Waals surface area contributed by atoms with Gasteiger partial charge in [0, 0.05) is 58.7 Å². The molecular formula is C32H42N4OS. The second-order valence-corrected chi connectivity index (χ2v) is 13.9. The second kappa shape index (κ2) is 9.87. The van der Waals surface area contributed by atoms with Gasteiger partial charge in [0.2, 0.25) is 0 Å². The summed E-state index contributed by atoms with van der Waals surface area (Å²) in [6.07, 6.45) is 14.3. The predicted octanol–water partition coefficient (Wildman–Crippen LogP) is 6.01. The number of fused-ring (bicyclic) bond motifs is 3. The summed E-state index contributed by atoms with van der Waals surface area (Å²) in [6.45, 7) is 4.71. The molecule has 6 heteroatoms. The van der Waals surface area contributed by atoms with Crippen LogP contribution >= 0.6 is 0 Å². The molecule has 5 nitrogen and oxygen atoms in total. The van der Waals surface area contributed by atoms with Crippen LogP contribution in [0.2, 0.25) is 0 Å². The Hall–Kier alpha value is -2.02. The van der Waals surface area contributed by atoms with Gasteiger partial charge in [-0.3, -0.25) is 9.11 Å². The van der Waals surface area contributed by atoms with Crippen molar-refractivity contribution in [2.24, 2.45) is 7.05 Å². The first-order valence-electron chi connectivity index (χ1n) is 14.9. The smallest absolute Gasteiger partial charge is 0.140 e. The molecule has 0 radical (unpaired) electrons. The number of aryl methyl sites for hydroxylation is 2. The highest BCUT2D eigenvalue weighted by Crippen LogP contribution is 2.44. The van der Waals surface area contributed by atoms with E-state index in [9.17, 15) is 4.21 Å². The van der Waals surface area contributed by atoms with Crippen LogP contribution in [0.15, 0.2) is 41.3 Å². The third kappa shape index (κ3) is 4.28. The molecule has 3 unspecified atom stereocenters. The maximum absolute atomic E-state index is 11.8. The number of imidazole rings is 1. The molecule has 1 aromatic heterocycles. The standard InChI is InChI=1S/C32H42N4OS/c1-21-17-24(18-30-31(21)33-32(34(30)2)23-7-11-29(12-8-23)38(3)37)22-13-15-35(16-14-22)28-19-26-9-10-27(20-28)36(26)25-5-4-6-25/h7-8,11-12,17-18,22,25-28H,4-6,9-10,13-16,19-20H2,1-3H3. The number of piperidine rings is 2. The first-order valence-corrected chi connectivity index (χ1v) is 16.4. The van der Waals surface area contributed by atoms with Gasteiger partial charge in [0.25, 0.3) is 0 Å². The highest BCUT2D eigenvalue weighted by Gasteiger charge is 2.46. The molecular weight excluding hydrogens is 488 g/mol. The number of nitrogens with zero attached hydrogens (tertiary/aromatic N) is 4. The molecule has 4 aliphatic rings. The van der Waals surface area contributed by atoms with Crippen molar-refractivity contribution in [3.8, 4) is 11.4 Å². The van der Waals surface area contributed by atoms with Gasteiger partial charge in [-0.05, 0) is 107 Å². The van der Waals surface area contributed by atoms with E-state index in [1.807, 2.05) is 24.3 Å². The molecule has 1 aliphatic carbocycles. The Bertz CT molecular complexity index is 1340. The Morgan fingerprint density at radius 3 is 2.16 bits per heavy atom. The van der Waals surface area contributed by atoms with E-state index in [-0.39, 0.29) is 0 Å². The van der Waals surface area contributed by atoms with Gasteiger partial charge in [0.15, 0.2) is 0 Å². The van der Waals surface area contributed by atoms with Crippen molar-refractivity contribution in [2.75, 3.05) is 19.3 Å². The van der Waals surface area contributed by atoms with Gasteiger partial charge in [-0.25, -0.2) is 4.98 Å². The normalized spacial score (nSPS) is 28.1. The summed E-state index contributed by atoms with van der Waals surface area (Å²) >= 11 is 0. The van der Waals surface area contributed by atoms with Crippen LogP contribution in [0, 0.1) is 6.92 Å². The van der Waals surface area contributed by atoms with Gasteiger partial charge in [-0.15, -0.1) is 0 Å². The van der Waals surface area contributed by atoms with Crippen molar-refractivity contribution in [1.82, 2.24) is 19.4 Å². The lowest BCUT2D eigenvalue weighted by atomic mass is 9.84. The zero-order valence-corrected chi connectivity index (χ0v) is 24.1. The molecule has 38 heavy (non-hydrogen) atoms. The number of hydrogen-bond donors (Lipinski definition) is 0. The molecule has 0 spiro atoms. The Balaban J connectivity index is 1.06. The van der Waals surface area contributed by atoms with E-state index in [0.29, 0.717) is 5.92 Å². The van der Waals surface area contributed by atoms with Crippen molar-refractivity contribution >= 4 is 21.8 Å². The highest BCUT2D eigenvalue weighted by molar-refractivity contribution is 7.84. The minimum absolute atomic E-state index is 0.637. The second-order valence-electron chi connectivity index (χ2n) is 12.5. The number of aromatic nitrogens is 2. The number of hydrogen-bond acceptors (Lipinski definition) is 4. The van der Waals surface area contributed by atoms with Crippen LogP contribution in [0.4, 0.5) is 0 Å². The molecule has 4 heterocycles. The van der Waals surface area contributed by atoms with E-state index < -0.39 is 10.8 Å². The zero-order chi connectivity index (χ0) is 26.0. The summed E-state index contributed by atoms with van der Waals surface area (Å²) in [7, 11) is 1.17. The highest BCUT2D eigenvalue weighted by atomic mass is 32.2. The number of benzene rings is 2. The molecule has 202 valence electrons. The van der Waals surface area contributed by atoms with Crippen LogP contribution in [0.3, 0.4) is 0 Å². The van der Waals surface area contributed by atoms with Crippen LogP contribution < -0.4 is 0 Å². The molecule has 7 rings (SSSR count). The molecule has 2 bridgehead atoms. The molecule has 3 aliphatic heterocycles. The first-order chi connectivity index (χ1) is 18.5. The minimum atomic E-state index is -0.963. The van der Waals surface area contributed by atoms with Crippen LogP contribution in [0.5, 0.6) is 0 Å². The van der Waals surface area contributed by atoms with Crippen molar-refractivity contribution in [3.63, 3.8) is 0 Å². The van der Waals surface area contributed by atoms with E-state index in [1.165, 1.54) is 87.5 Å². The van der Waals surface area contributed by atoms with Gasteiger partial charge in [0.05, 0.1) is 11.0 Å². The van der Waals surface area contributed by atoms with E-state index in [2.05, 4.69) is 40.5 Å². The molecule has 3 aromatic rings. The van der Waals surface area contributed by atoms with Crippen LogP contribution in [-0.4, -0.2) is 67.1 Å². The summed E-state index contributed by atoms with van der Waals surface area (Å²) in [5, 5.41) is 0. The van der Waals surface area contributed by atoms with Gasteiger partial charge >= 0.3 is 0 Å². The molecule has 4 fully saturated rings. The van der Waals surface area contributed by atoms with E-state index in [0.717, 1.165) is 46.0 Å². The largest absolute Gasteiger partial charge is 0.327 e. The molecule has 0 N–H and O–H groups in total. The Labute approximate surface area is 230 Å². The number of likely N-dealkylation sites (tertiary alicyclic amines) is 1.